The molecule has 1 fully saturated rings. The van der Waals surface area contributed by atoms with Crippen molar-refractivity contribution < 1.29 is 18.0 Å². The molecule has 1 nitrogen and oxygen atoms in total. The monoisotopic (exact) mass is 454 g/mol. The topological polar surface area (TPSA) is 17.1 Å². The molecule has 7 heteroatoms. The number of carbonyl (C=O) groups excluding carboxylic acids is 1. The van der Waals surface area contributed by atoms with Crippen LogP contribution in [-0.4, -0.2) is 12.0 Å². The van der Waals surface area contributed by atoms with E-state index in [1.807, 2.05) is 0 Å². The normalized spacial score (nSPS) is 23.9. The van der Waals surface area contributed by atoms with E-state index in [4.69, 9.17) is 34.8 Å². The van der Waals surface area contributed by atoms with Crippen molar-refractivity contribution in [3.8, 4) is 0 Å². The predicted molar refractivity (Wildman–Crippen MR) is 110 cm³/mol. The van der Waals surface area contributed by atoms with Crippen LogP contribution < -0.4 is 0 Å². The first-order chi connectivity index (χ1) is 12.9. The van der Waals surface area contributed by atoms with Crippen LogP contribution in [0.25, 0.3) is 5.57 Å². The summed E-state index contributed by atoms with van der Waals surface area (Å²) in [5.74, 6) is 0.791. The Morgan fingerprint density at radius 1 is 1.18 bits per heavy atom. The van der Waals surface area contributed by atoms with E-state index >= 15 is 0 Å². The molecule has 1 aliphatic carbocycles. The highest BCUT2D eigenvalue weighted by atomic mass is 35.5. The van der Waals surface area contributed by atoms with Crippen molar-refractivity contribution in [3.63, 3.8) is 0 Å². The Balaban J connectivity index is 2.33. The van der Waals surface area contributed by atoms with E-state index in [0.717, 1.165) is 31.4 Å². The fraction of sp³-hybridized carbons (Fsp3) is 0.571. The van der Waals surface area contributed by atoms with E-state index in [1.54, 1.807) is 0 Å². The van der Waals surface area contributed by atoms with Crippen LogP contribution in [-0.2, 0) is 4.79 Å². The predicted octanol–water partition coefficient (Wildman–Crippen LogP) is 8.26. The minimum atomic E-state index is -4.71. The Morgan fingerprint density at radius 2 is 1.75 bits per heavy atom. The lowest BCUT2D eigenvalue weighted by Gasteiger charge is -2.37. The largest absolute Gasteiger partial charge is 0.417 e. The maximum atomic E-state index is 13.6. The first-order valence-electron chi connectivity index (χ1n) is 9.36. The number of allylic oxidation sites excluding steroid dienone is 2. The lowest BCUT2D eigenvalue weighted by molar-refractivity contribution is -0.117. The molecule has 1 aromatic rings. The SMILES string of the molecule is CC(C)[C@@H]1CC[C@@H](C)C[C@H]1CC(=O)/C=C(\c1cc(Cl)c(Cl)c(Cl)c1)C(F)(F)F. The Hall–Kier alpha value is -0.710. The number of hydrogen-bond acceptors (Lipinski definition) is 1. The van der Waals surface area contributed by atoms with Gasteiger partial charge in [0.25, 0.3) is 0 Å². The van der Waals surface area contributed by atoms with Gasteiger partial charge >= 0.3 is 6.18 Å². The van der Waals surface area contributed by atoms with Gasteiger partial charge in [0.1, 0.15) is 0 Å². The molecule has 1 saturated carbocycles. The molecule has 2 rings (SSSR count). The molecule has 3 atom stereocenters. The van der Waals surface area contributed by atoms with Crippen LogP contribution in [0.3, 0.4) is 0 Å². The summed E-state index contributed by atoms with van der Waals surface area (Å²) in [5, 5.41) is -0.198. The van der Waals surface area contributed by atoms with Gasteiger partial charge in [0, 0.05) is 6.42 Å². The Labute approximate surface area is 179 Å². The van der Waals surface area contributed by atoms with Gasteiger partial charge in [-0.15, -0.1) is 0 Å². The first-order valence-corrected chi connectivity index (χ1v) is 10.5. The first kappa shape index (κ1) is 23.6. The number of benzene rings is 1. The van der Waals surface area contributed by atoms with Crippen molar-refractivity contribution in [2.24, 2.45) is 23.7 Å². The summed E-state index contributed by atoms with van der Waals surface area (Å²) >= 11 is 17.6. The standard InChI is InChI=1S/C21H24Cl3F3O/c1-11(2)16-5-4-12(3)6-13(16)7-15(28)10-17(21(25,26)27)14-8-18(22)20(24)19(23)9-14/h8-13,16H,4-7H2,1-3H3/b17-10+/t12-,13+,16+/m1/s1. The molecule has 1 aromatic carbocycles. The molecule has 0 spiro atoms. The summed E-state index contributed by atoms with van der Waals surface area (Å²) in [5.41, 5.74) is -1.32. The van der Waals surface area contributed by atoms with Crippen LogP contribution in [0, 0.1) is 23.7 Å². The van der Waals surface area contributed by atoms with Gasteiger partial charge < -0.3 is 0 Å². The van der Waals surface area contributed by atoms with Gasteiger partial charge in [-0.1, -0.05) is 62.0 Å². The number of hydrogen-bond donors (Lipinski definition) is 0. The third-order valence-electron chi connectivity index (χ3n) is 5.53. The van der Waals surface area contributed by atoms with E-state index in [-0.39, 0.29) is 33.0 Å². The van der Waals surface area contributed by atoms with E-state index < -0.39 is 17.5 Å². The van der Waals surface area contributed by atoms with Gasteiger partial charge in [0.05, 0.1) is 20.6 Å². The smallest absolute Gasteiger partial charge is 0.295 e. The summed E-state index contributed by atoms with van der Waals surface area (Å²) < 4.78 is 40.9. The fourth-order valence-corrected chi connectivity index (χ4v) is 4.75. The minimum Gasteiger partial charge on any atom is -0.295 e. The maximum Gasteiger partial charge on any atom is 0.417 e. The van der Waals surface area contributed by atoms with Gasteiger partial charge in [0.15, 0.2) is 5.78 Å². The highest BCUT2D eigenvalue weighted by Gasteiger charge is 2.37. The van der Waals surface area contributed by atoms with Crippen LogP contribution in [0.2, 0.25) is 15.1 Å². The van der Waals surface area contributed by atoms with Crippen LogP contribution in [0.1, 0.15) is 52.0 Å². The molecular weight excluding hydrogens is 432 g/mol. The summed E-state index contributed by atoms with van der Waals surface area (Å²) in [4.78, 5) is 12.6. The lowest BCUT2D eigenvalue weighted by atomic mass is 9.68. The molecule has 0 aromatic heterocycles. The van der Waals surface area contributed by atoms with Gasteiger partial charge in [-0.3, -0.25) is 4.79 Å². The Bertz CT molecular complexity index is 733. The molecule has 28 heavy (non-hydrogen) atoms. The van der Waals surface area contributed by atoms with Gasteiger partial charge in [0.2, 0.25) is 0 Å². The van der Waals surface area contributed by atoms with Gasteiger partial charge in [-0.05, 0) is 60.3 Å². The Morgan fingerprint density at radius 3 is 2.25 bits per heavy atom. The van der Waals surface area contributed by atoms with E-state index in [1.165, 1.54) is 0 Å². The highest BCUT2D eigenvalue weighted by molar-refractivity contribution is 6.48. The van der Waals surface area contributed by atoms with Crippen molar-refractivity contribution in [3.05, 3.63) is 38.8 Å². The van der Waals surface area contributed by atoms with Crippen molar-refractivity contribution in [1.29, 1.82) is 0 Å². The van der Waals surface area contributed by atoms with E-state index in [9.17, 15) is 18.0 Å². The second kappa shape index (κ2) is 9.40. The van der Waals surface area contributed by atoms with Crippen molar-refractivity contribution in [1.82, 2.24) is 0 Å². The van der Waals surface area contributed by atoms with Crippen LogP contribution >= 0.6 is 34.8 Å². The van der Waals surface area contributed by atoms with Crippen LogP contribution in [0.15, 0.2) is 18.2 Å². The average Bonchev–Trinajstić information content (AvgIpc) is 2.56. The average molecular weight is 456 g/mol. The molecule has 0 unspecified atom stereocenters. The molecule has 1 aliphatic rings. The molecule has 0 radical (unpaired) electrons. The molecule has 0 saturated heterocycles. The summed E-state index contributed by atoms with van der Waals surface area (Å²) in [6, 6.07) is 2.17. The number of ketones is 1. The second-order valence-corrected chi connectivity index (χ2v) is 9.26. The zero-order chi connectivity index (χ0) is 21.2. The molecule has 0 amide bonds. The fourth-order valence-electron chi connectivity index (χ4n) is 4.15. The molecular formula is C21H24Cl3F3O. The van der Waals surface area contributed by atoms with Crippen molar-refractivity contribution in [2.45, 2.75) is 52.6 Å². The molecule has 0 N–H and O–H groups in total. The molecule has 0 aliphatic heterocycles. The number of halogens is 6. The summed E-state index contributed by atoms with van der Waals surface area (Å²) in [6.07, 6.45) is -0.946. The van der Waals surface area contributed by atoms with E-state index in [0.29, 0.717) is 23.8 Å². The molecule has 156 valence electrons. The zero-order valence-corrected chi connectivity index (χ0v) is 18.3. The van der Waals surface area contributed by atoms with Crippen molar-refractivity contribution >= 4 is 46.2 Å². The quantitative estimate of drug-likeness (QED) is 0.322. The Kier molecular flexibility index (Phi) is 7.91. The van der Waals surface area contributed by atoms with Crippen LogP contribution in [0.5, 0.6) is 0 Å². The minimum absolute atomic E-state index is 0.0177. The number of alkyl halides is 3. The van der Waals surface area contributed by atoms with Gasteiger partial charge in [-0.2, -0.15) is 13.2 Å². The van der Waals surface area contributed by atoms with Crippen molar-refractivity contribution in [2.75, 3.05) is 0 Å². The van der Waals surface area contributed by atoms with Crippen LogP contribution in [0.4, 0.5) is 13.2 Å². The lowest BCUT2D eigenvalue weighted by Crippen LogP contribution is -2.29. The maximum absolute atomic E-state index is 13.6. The number of carbonyl (C=O) groups is 1. The second-order valence-electron chi connectivity index (χ2n) is 8.07. The highest BCUT2D eigenvalue weighted by Crippen LogP contribution is 2.42. The summed E-state index contributed by atoms with van der Waals surface area (Å²) in [7, 11) is 0. The molecule has 0 bridgehead atoms. The zero-order valence-electron chi connectivity index (χ0n) is 16.0. The summed E-state index contributed by atoms with van der Waals surface area (Å²) in [6.45, 7) is 6.34. The number of rotatable bonds is 5. The third kappa shape index (κ3) is 5.90. The molecule has 0 heterocycles. The third-order valence-corrected chi connectivity index (χ3v) is 6.73. The van der Waals surface area contributed by atoms with E-state index in [2.05, 4.69) is 20.8 Å². The van der Waals surface area contributed by atoms with Gasteiger partial charge in [-0.25, -0.2) is 0 Å².